The van der Waals surface area contributed by atoms with Crippen LogP contribution in [0.2, 0.25) is 0 Å². The molecule has 1 aromatic heterocycles. The molecule has 1 rings (SSSR count). The zero-order valence-electron chi connectivity index (χ0n) is 11.9. The van der Waals surface area contributed by atoms with Crippen LogP contribution in [0.3, 0.4) is 0 Å². The Balaban J connectivity index is 2.16. The third-order valence-corrected chi connectivity index (χ3v) is 2.72. The van der Waals surface area contributed by atoms with E-state index in [1.807, 2.05) is 0 Å². The van der Waals surface area contributed by atoms with Crippen molar-refractivity contribution < 1.29 is 13.2 Å². The first-order valence-electron chi connectivity index (χ1n) is 6.83. The van der Waals surface area contributed by atoms with Crippen LogP contribution >= 0.6 is 0 Å². The molecule has 0 amide bonds. The lowest BCUT2D eigenvalue weighted by atomic mass is 10.2. The molecule has 0 aromatic carbocycles. The number of pyridine rings is 1. The Bertz CT molecular complexity index is 374. The Labute approximate surface area is 118 Å². The predicted octanol–water partition coefficient (Wildman–Crippen LogP) is 2.83. The van der Waals surface area contributed by atoms with Crippen LogP contribution in [0.1, 0.15) is 31.5 Å². The standard InChI is InChI=1S/C14H22F3N3/c1-11(2)8-18-6-3-7-19-10-13-5-4-12(9-20-13)14(15,16)17/h4-5,9,11,18-19H,3,6-8,10H2,1-2H3. The van der Waals surface area contributed by atoms with E-state index in [1.165, 1.54) is 6.07 Å². The molecule has 0 saturated heterocycles. The molecular formula is C14H22F3N3. The summed E-state index contributed by atoms with van der Waals surface area (Å²) in [6.45, 7) is 7.55. The average molecular weight is 289 g/mol. The minimum absolute atomic E-state index is 0.488. The van der Waals surface area contributed by atoms with E-state index in [4.69, 9.17) is 0 Å². The quantitative estimate of drug-likeness (QED) is 0.723. The lowest BCUT2D eigenvalue weighted by Gasteiger charge is -2.09. The van der Waals surface area contributed by atoms with Crippen LogP contribution in [0.25, 0.3) is 0 Å². The van der Waals surface area contributed by atoms with Crippen LogP contribution in [0.15, 0.2) is 18.3 Å². The van der Waals surface area contributed by atoms with Gasteiger partial charge in [0.1, 0.15) is 0 Å². The van der Waals surface area contributed by atoms with Crippen LogP contribution in [0.5, 0.6) is 0 Å². The van der Waals surface area contributed by atoms with Gasteiger partial charge in [0.2, 0.25) is 0 Å². The first-order chi connectivity index (χ1) is 9.39. The van der Waals surface area contributed by atoms with Crippen molar-refractivity contribution in [3.8, 4) is 0 Å². The summed E-state index contributed by atoms with van der Waals surface area (Å²) in [5, 5.41) is 6.49. The van der Waals surface area contributed by atoms with Gasteiger partial charge in [-0.1, -0.05) is 13.8 Å². The first kappa shape index (κ1) is 16.9. The second kappa shape index (κ2) is 8.21. The Kier molecular flexibility index (Phi) is 6.95. The summed E-state index contributed by atoms with van der Waals surface area (Å²) in [5.41, 5.74) is -0.0905. The summed E-state index contributed by atoms with van der Waals surface area (Å²) in [5.74, 6) is 0.638. The summed E-state index contributed by atoms with van der Waals surface area (Å²) in [7, 11) is 0. The van der Waals surface area contributed by atoms with E-state index >= 15 is 0 Å². The molecule has 0 atom stereocenters. The van der Waals surface area contributed by atoms with Crippen LogP contribution in [-0.2, 0) is 12.7 Å². The lowest BCUT2D eigenvalue weighted by molar-refractivity contribution is -0.137. The molecule has 114 valence electrons. The predicted molar refractivity (Wildman–Crippen MR) is 73.3 cm³/mol. The van der Waals surface area contributed by atoms with E-state index in [-0.39, 0.29) is 0 Å². The van der Waals surface area contributed by atoms with Gasteiger partial charge < -0.3 is 10.6 Å². The summed E-state index contributed by atoms with van der Waals surface area (Å²) in [6, 6.07) is 2.47. The van der Waals surface area contributed by atoms with E-state index in [2.05, 4.69) is 29.5 Å². The molecule has 0 spiro atoms. The van der Waals surface area contributed by atoms with Crippen molar-refractivity contribution in [1.29, 1.82) is 0 Å². The topological polar surface area (TPSA) is 37.0 Å². The molecule has 0 fully saturated rings. The molecule has 0 saturated carbocycles. The fourth-order valence-electron chi connectivity index (χ4n) is 1.64. The number of nitrogens with zero attached hydrogens (tertiary/aromatic N) is 1. The van der Waals surface area contributed by atoms with Gasteiger partial charge in [0.15, 0.2) is 0 Å². The van der Waals surface area contributed by atoms with Gasteiger partial charge in [-0.05, 0) is 44.1 Å². The summed E-state index contributed by atoms with van der Waals surface area (Å²) in [4.78, 5) is 3.80. The Morgan fingerprint density at radius 3 is 2.40 bits per heavy atom. The Morgan fingerprint density at radius 1 is 1.15 bits per heavy atom. The van der Waals surface area contributed by atoms with Crippen molar-refractivity contribution in [2.75, 3.05) is 19.6 Å². The maximum atomic E-state index is 12.3. The maximum absolute atomic E-state index is 12.3. The lowest BCUT2D eigenvalue weighted by Crippen LogP contribution is -2.24. The van der Waals surface area contributed by atoms with Crippen LogP contribution in [0.4, 0.5) is 13.2 Å². The zero-order valence-corrected chi connectivity index (χ0v) is 11.9. The van der Waals surface area contributed by atoms with Crippen molar-refractivity contribution in [2.45, 2.75) is 33.0 Å². The highest BCUT2D eigenvalue weighted by Crippen LogP contribution is 2.28. The van der Waals surface area contributed by atoms with Crippen molar-refractivity contribution in [3.05, 3.63) is 29.6 Å². The molecule has 0 aliphatic rings. The van der Waals surface area contributed by atoms with Crippen LogP contribution < -0.4 is 10.6 Å². The molecular weight excluding hydrogens is 267 g/mol. The Hall–Kier alpha value is -1.14. The molecule has 3 nitrogen and oxygen atoms in total. The van der Waals surface area contributed by atoms with Gasteiger partial charge in [-0.3, -0.25) is 4.98 Å². The van der Waals surface area contributed by atoms with Gasteiger partial charge in [-0.25, -0.2) is 0 Å². The average Bonchev–Trinajstić information content (AvgIpc) is 2.37. The maximum Gasteiger partial charge on any atom is 0.417 e. The molecule has 20 heavy (non-hydrogen) atoms. The Morgan fingerprint density at radius 2 is 1.85 bits per heavy atom. The van der Waals surface area contributed by atoms with Gasteiger partial charge >= 0.3 is 6.18 Å². The second-order valence-corrected chi connectivity index (χ2v) is 5.16. The van der Waals surface area contributed by atoms with Crippen molar-refractivity contribution in [1.82, 2.24) is 15.6 Å². The largest absolute Gasteiger partial charge is 0.417 e. The number of nitrogens with one attached hydrogen (secondary N) is 2. The fraction of sp³-hybridized carbons (Fsp3) is 0.643. The minimum Gasteiger partial charge on any atom is -0.316 e. The number of hydrogen-bond acceptors (Lipinski definition) is 3. The van der Waals surface area contributed by atoms with E-state index in [0.717, 1.165) is 38.3 Å². The first-order valence-corrected chi connectivity index (χ1v) is 6.83. The SMILES string of the molecule is CC(C)CNCCCNCc1ccc(C(F)(F)F)cn1. The fourth-order valence-corrected chi connectivity index (χ4v) is 1.64. The minimum atomic E-state index is -4.32. The second-order valence-electron chi connectivity index (χ2n) is 5.16. The van der Waals surface area contributed by atoms with Gasteiger partial charge in [-0.2, -0.15) is 13.2 Å². The number of halogens is 3. The van der Waals surface area contributed by atoms with Crippen molar-refractivity contribution in [3.63, 3.8) is 0 Å². The molecule has 0 radical (unpaired) electrons. The highest BCUT2D eigenvalue weighted by Gasteiger charge is 2.30. The number of hydrogen-bond donors (Lipinski definition) is 2. The van der Waals surface area contributed by atoms with Gasteiger partial charge in [0, 0.05) is 12.7 Å². The van der Waals surface area contributed by atoms with Crippen molar-refractivity contribution in [2.24, 2.45) is 5.92 Å². The van der Waals surface area contributed by atoms with Gasteiger partial charge in [0.05, 0.1) is 11.3 Å². The van der Waals surface area contributed by atoms with Crippen LogP contribution in [0, 0.1) is 5.92 Å². The third-order valence-electron chi connectivity index (χ3n) is 2.72. The van der Waals surface area contributed by atoms with E-state index < -0.39 is 11.7 Å². The number of alkyl halides is 3. The highest BCUT2D eigenvalue weighted by atomic mass is 19.4. The summed E-state index contributed by atoms with van der Waals surface area (Å²) >= 11 is 0. The summed E-state index contributed by atoms with van der Waals surface area (Å²) in [6.07, 6.45) is -2.46. The molecule has 1 heterocycles. The molecule has 2 N–H and O–H groups in total. The number of rotatable bonds is 8. The molecule has 0 aliphatic heterocycles. The molecule has 6 heteroatoms. The normalized spacial score (nSPS) is 12.1. The van der Waals surface area contributed by atoms with E-state index in [9.17, 15) is 13.2 Å². The molecule has 0 unspecified atom stereocenters. The molecule has 0 bridgehead atoms. The highest BCUT2D eigenvalue weighted by molar-refractivity contribution is 5.16. The van der Waals surface area contributed by atoms with Crippen LogP contribution in [-0.4, -0.2) is 24.6 Å². The van der Waals surface area contributed by atoms with Gasteiger partial charge in [0.25, 0.3) is 0 Å². The zero-order chi connectivity index (χ0) is 15.0. The summed E-state index contributed by atoms with van der Waals surface area (Å²) < 4.78 is 37.0. The molecule has 0 aliphatic carbocycles. The van der Waals surface area contributed by atoms with E-state index in [1.54, 1.807) is 0 Å². The molecule has 1 aromatic rings. The smallest absolute Gasteiger partial charge is 0.316 e. The number of aromatic nitrogens is 1. The van der Waals surface area contributed by atoms with Crippen molar-refractivity contribution >= 4 is 0 Å². The monoisotopic (exact) mass is 289 g/mol. The van der Waals surface area contributed by atoms with E-state index in [0.29, 0.717) is 18.2 Å². The van der Waals surface area contributed by atoms with Gasteiger partial charge in [-0.15, -0.1) is 0 Å². The third kappa shape index (κ3) is 6.86.